The fourth-order valence-electron chi connectivity index (χ4n) is 3.19. The third kappa shape index (κ3) is 3.53. The van der Waals surface area contributed by atoms with Crippen molar-refractivity contribution in [3.05, 3.63) is 65.9 Å². The summed E-state index contributed by atoms with van der Waals surface area (Å²) in [5.41, 5.74) is 4.02. The molecule has 2 N–H and O–H groups in total. The highest BCUT2D eigenvalue weighted by atomic mass is 16.5. The lowest BCUT2D eigenvalue weighted by molar-refractivity contribution is 0.373. The van der Waals surface area contributed by atoms with Gasteiger partial charge in [-0.3, -0.25) is 4.40 Å². The molecule has 7 heteroatoms. The Morgan fingerprint density at radius 3 is 2.37 bits per heavy atom. The van der Waals surface area contributed by atoms with E-state index in [2.05, 4.69) is 4.99 Å². The van der Waals surface area contributed by atoms with Gasteiger partial charge in [-0.2, -0.15) is 0 Å². The molecule has 0 amide bonds. The van der Waals surface area contributed by atoms with Crippen LogP contribution in [0.25, 0.3) is 16.9 Å². The fraction of sp³-hybridized carbons (Fsp3) is 0.130. The molecule has 0 aliphatic carbocycles. The van der Waals surface area contributed by atoms with E-state index < -0.39 is 0 Å². The highest BCUT2D eigenvalue weighted by Gasteiger charge is 2.15. The highest BCUT2D eigenvalue weighted by Crippen LogP contribution is 2.36. The first-order valence-corrected chi connectivity index (χ1v) is 9.27. The van der Waals surface area contributed by atoms with Gasteiger partial charge in [0, 0.05) is 18.0 Å². The van der Waals surface area contributed by atoms with Gasteiger partial charge in [-0.05, 0) is 66.6 Å². The number of phenolic OH excluding ortho intramolecular Hbond substituents is 2. The summed E-state index contributed by atoms with van der Waals surface area (Å²) < 4.78 is 12.3. The molecule has 2 aromatic carbocycles. The van der Waals surface area contributed by atoms with Gasteiger partial charge < -0.3 is 19.7 Å². The van der Waals surface area contributed by atoms with Crippen LogP contribution in [0.1, 0.15) is 11.1 Å². The van der Waals surface area contributed by atoms with Crippen LogP contribution in [0.5, 0.6) is 23.0 Å². The Kier molecular flexibility index (Phi) is 5.02. The summed E-state index contributed by atoms with van der Waals surface area (Å²) in [4.78, 5) is 9.44. The molecule has 0 fully saturated rings. The number of aromatic hydroxyl groups is 2. The van der Waals surface area contributed by atoms with Gasteiger partial charge in [-0.15, -0.1) is 0 Å². The van der Waals surface area contributed by atoms with Crippen molar-refractivity contribution in [1.29, 1.82) is 0 Å². The van der Waals surface area contributed by atoms with E-state index in [-0.39, 0.29) is 11.5 Å². The van der Waals surface area contributed by atoms with Crippen LogP contribution in [0.2, 0.25) is 0 Å². The molecule has 2 aromatic heterocycles. The lowest BCUT2D eigenvalue weighted by Crippen LogP contribution is -1.89. The predicted octanol–water partition coefficient (Wildman–Crippen LogP) is 4.49. The van der Waals surface area contributed by atoms with E-state index in [9.17, 15) is 10.2 Å². The van der Waals surface area contributed by atoms with E-state index in [1.54, 1.807) is 42.6 Å². The number of ether oxygens (including phenoxy) is 2. The zero-order valence-electron chi connectivity index (χ0n) is 16.8. The summed E-state index contributed by atoms with van der Waals surface area (Å²) in [6, 6.07) is 14.0. The van der Waals surface area contributed by atoms with Crippen LogP contribution in [0.4, 0.5) is 5.82 Å². The number of imidazole rings is 1. The quantitative estimate of drug-likeness (QED) is 0.480. The van der Waals surface area contributed by atoms with Crippen molar-refractivity contribution in [2.24, 2.45) is 4.99 Å². The maximum Gasteiger partial charge on any atom is 0.165 e. The number of rotatable bonds is 5. The summed E-state index contributed by atoms with van der Waals surface area (Å²) in [6.07, 6.45) is 3.61. The SMILES string of the molecule is COc1cc(C=Nc2c(-c3ccc(O)c(OC)c3)nc3cc(C)ccn23)ccc1O. The molecule has 0 atom stereocenters. The molecule has 2 heterocycles. The Hall–Kier alpha value is -4.00. The van der Waals surface area contributed by atoms with Gasteiger partial charge in [0.05, 0.1) is 14.2 Å². The molecule has 4 aromatic rings. The number of phenols is 2. The number of aliphatic imine (C=N–C) groups is 1. The molecule has 0 unspecified atom stereocenters. The third-order valence-corrected chi connectivity index (χ3v) is 4.75. The molecule has 152 valence electrons. The summed E-state index contributed by atoms with van der Waals surface area (Å²) in [6.45, 7) is 2.00. The number of hydrogen-bond donors (Lipinski definition) is 2. The number of hydrogen-bond acceptors (Lipinski definition) is 6. The van der Waals surface area contributed by atoms with Crippen LogP contribution < -0.4 is 9.47 Å². The van der Waals surface area contributed by atoms with Crippen molar-refractivity contribution < 1.29 is 19.7 Å². The standard InChI is InChI=1S/C23H21N3O4/c1-14-8-9-26-21(10-14)25-22(16-5-7-18(28)20(12-16)30-3)23(26)24-13-15-4-6-17(27)19(11-15)29-2/h4-13,27-28H,1-3H3. The van der Waals surface area contributed by atoms with Crippen molar-refractivity contribution in [2.75, 3.05) is 14.2 Å². The lowest BCUT2D eigenvalue weighted by atomic mass is 10.1. The van der Waals surface area contributed by atoms with Crippen molar-refractivity contribution in [2.45, 2.75) is 6.92 Å². The predicted molar refractivity (Wildman–Crippen MR) is 115 cm³/mol. The number of nitrogens with zero attached hydrogens (tertiary/aromatic N) is 3. The molecule has 0 aliphatic rings. The Morgan fingerprint density at radius 2 is 1.63 bits per heavy atom. The second-order valence-corrected chi connectivity index (χ2v) is 6.79. The first-order valence-electron chi connectivity index (χ1n) is 9.27. The Balaban J connectivity index is 1.86. The number of fused-ring (bicyclic) bond motifs is 1. The number of pyridine rings is 1. The molecule has 0 spiro atoms. The average Bonchev–Trinajstić information content (AvgIpc) is 3.11. The first-order chi connectivity index (χ1) is 14.5. The number of benzene rings is 2. The van der Waals surface area contributed by atoms with Crippen LogP contribution >= 0.6 is 0 Å². The van der Waals surface area contributed by atoms with Crippen LogP contribution in [-0.2, 0) is 0 Å². The second kappa shape index (κ2) is 7.79. The van der Waals surface area contributed by atoms with Gasteiger partial charge in [-0.1, -0.05) is 0 Å². The largest absolute Gasteiger partial charge is 0.504 e. The molecular weight excluding hydrogens is 382 g/mol. The zero-order chi connectivity index (χ0) is 21.3. The summed E-state index contributed by atoms with van der Waals surface area (Å²) in [5.74, 6) is 1.49. The fourth-order valence-corrected chi connectivity index (χ4v) is 3.19. The molecule has 4 rings (SSSR count). The van der Waals surface area contributed by atoms with Crippen LogP contribution in [0, 0.1) is 6.92 Å². The van der Waals surface area contributed by atoms with Crippen molar-refractivity contribution in [1.82, 2.24) is 9.38 Å². The Labute approximate surface area is 173 Å². The van der Waals surface area contributed by atoms with E-state index in [0.29, 0.717) is 23.0 Å². The summed E-state index contributed by atoms with van der Waals surface area (Å²) in [7, 11) is 3.00. The Morgan fingerprint density at radius 1 is 0.933 bits per heavy atom. The molecule has 0 bridgehead atoms. The lowest BCUT2D eigenvalue weighted by Gasteiger charge is -2.06. The highest BCUT2D eigenvalue weighted by molar-refractivity contribution is 5.86. The molecular formula is C23H21N3O4. The molecule has 0 aliphatic heterocycles. The monoisotopic (exact) mass is 403 g/mol. The van der Waals surface area contributed by atoms with Crippen molar-refractivity contribution in [3.63, 3.8) is 0 Å². The molecule has 0 saturated heterocycles. The van der Waals surface area contributed by atoms with E-state index in [1.807, 2.05) is 29.7 Å². The number of methoxy groups -OCH3 is 2. The second-order valence-electron chi connectivity index (χ2n) is 6.79. The van der Waals surface area contributed by atoms with E-state index in [0.717, 1.165) is 22.3 Å². The van der Waals surface area contributed by atoms with Crippen LogP contribution in [0.15, 0.2) is 59.7 Å². The third-order valence-electron chi connectivity index (χ3n) is 4.75. The zero-order valence-corrected chi connectivity index (χ0v) is 16.8. The van der Waals surface area contributed by atoms with E-state index in [4.69, 9.17) is 14.5 Å². The van der Waals surface area contributed by atoms with Gasteiger partial charge in [0.1, 0.15) is 11.3 Å². The maximum atomic E-state index is 9.94. The van der Waals surface area contributed by atoms with Crippen LogP contribution in [0.3, 0.4) is 0 Å². The van der Waals surface area contributed by atoms with Crippen molar-refractivity contribution in [3.8, 4) is 34.3 Å². The smallest absolute Gasteiger partial charge is 0.165 e. The minimum atomic E-state index is 0.0575. The molecule has 0 saturated carbocycles. The van der Waals surface area contributed by atoms with Gasteiger partial charge in [0.15, 0.2) is 28.8 Å². The van der Waals surface area contributed by atoms with E-state index >= 15 is 0 Å². The molecule has 0 radical (unpaired) electrons. The minimum absolute atomic E-state index is 0.0575. The normalized spacial score (nSPS) is 11.3. The number of aryl methyl sites for hydroxylation is 1. The van der Waals surface area contributed by atoms with Crippen LogP contribution in [-0.4, -0.2) is 40.0 Å². The summed E-state index contributed by atoms with van der Waals surface area (Å²) in [5, 5.41) is 19.7. The van der Waals surface area contributed by atoms with Crippen molar-refractivity contribution >= 4 is 17.7 Å². The van der Waals surface area contributed by atoms with Gasteiger partial charge in [-0.25, -0.2) is 9.98 Å². The average molecular weight is 403 g/mol. The topological polar surface area (TPSA) is 88.6 Å². The first kappa shape index (κ1) is 19.3. The van der Waals surface area contributed by atoms with E-state index in [1.165, 1.54) is 14.2 Å². The molecule has 30 heavy (non-hydrogen) atoms. The molecule has 7 nitrogen and oxygen atoms in total. The minimum Gasteiger partial charge on any atom is -0.504 e. The maximum absolute atomic E-state index is 9.94. The van der Waals surface area contributed by atoms with Gasteiger partial charge >= 0.3 is 0 Å². The van der Waals surface area contributed by atoms with Gasteiger partial charge in [0.2, 0.25) is 0 Å². The van der Waals surface area contributed by atoms with Gasteiger partial charge in [0.25, 0.3) is 0 Å². The summed E-state index contributed by atoms with van der Waals surface area (Å²) >= 11 is 0. The Bertz CT molecular complexity index is 1260. The number of aromatic nitrogens is 2.